The first-order valence-electron chi connectivity index (χ1n) is 12.4. The first kappa shape index (κ1) is 22.0. The SMILES string of the molecule is O=C(c1ccc2c(c1)OCO2)N(Cc1c(-c2ccccc2)noc1N1CCCC1)CC1CCCO1. The highest BCUT2D eigenvalue weighted by atomic mass is 16.7. The molecule has 2 saturated heterocycles. The van der Waals surface area contributed by atoms with E-state index < -0.39 is 0 Å². The van der Waals surface area contributed by atoms with E-state index in [9.17, 15) is 4.79 Å². The van der Waals surface area contributed by atoms with Crippen LogP contribution in [0.3, 0.4) is 0 Å². The fourth-order valence-electron chi connectivity index (χ4n) is 5.09. The molecule has 2 fully saturated rings. The highest BCUT2D eigenvalue weighted by Gasteiger charge is 2.30. The van der Waals surface area contributed by atoms with Crippen LogP contribution in [0.25, 0.3) is 11.3 Å². The number of benzene rings is 2. The molecule has 182 valence electrons. The van der Waals surface area contributed by atoms with Crippen LogP contribution in [-0.4, -0.2) is 55.1 Å². The average molecular weight is 476 g/mol. The molecule has 0 saturated carbocycles. The van der Waals surface area contributed by atoms with E-state index in [4.69, 9.17) is 18.7 Å². The summed E-state index contributed by atoms with van der Waals surface area (Å²) in [7, 11) is 0. The van der Waals surface area contributed by atoms with Gasteiger partial charge in [-0.15, -0.1) is 0 Å². The molecule has 35 heavy (non-hydrogen) atoms. The lowest BCUT2D eigenvalue weighted by molar-refractivity contribution is 0.0507. The van der Waals surface area contributed by atoms with Crippen molar-refractivity contribution >= 4 is 11.8 Å². The Hall–Kier alpha value is -3.52. The van der Waals surface area contributed by atoms with Gasteiger partial charge in [-0.2, -0.15) is 0 Å². The zero-order chi connectivity index (χ0) is 23.6. The zero-order valence-electron chi connectivity index (χ0n) is 19.7. The molecule has 0 N–H and O–H groups in total. The molecule has 3 aromatic rings. The predicted octanol–water partition coefficient (Wildman–Crippen LogP) is 4.49. The molecule has 0 aliphatic carbocycles. The van der Waals surface area contributed by atoms with E-state index in [2.05, 4.69) is 10.1 Å². The van der Waals surface area contributed by atoms with E-state index >= 15 is 0 Å². The number of ether oxygens (including phenoxy) is 3. The van der Waals surface area contributed by atoms with E-state index in [-0.39, 0.29) is 18.8 Å². The molecule has 0 radical (unpaired) electrons. The van der Waals surface area contributed by atoms with Crippen molar-refractivity contribution in [3.63, 3.8) is 0 Å². The Bertz CT molecular complexity index is 1180. The molecule has 0 bridgehead atoms. The lowest BCUT2D eigenvalue weighted by Crippen LogP contribution is -2.37. The van der Waals surface area contributed by atoms with Gasteiger partial charge >= 0.3 is 0 Å². The minimum atomic E-state index is -0.0774. The Labute approximate surface area is 204 Å². The maximum Gasteiger partial charge on any atom is 0.254 e. The van der Waals surface area contributed by atoms with Crippen molar-refractivity contribution in [1.29, 1.82) is 0 Å². The van der Waals surface area contributed by atoms with Crippen molar-refractivity contribution < 1.29 is 23.5 Å². The summed E-state index contributed by atoms with van der Waals surface area (Å²) in [5, 5.41) is 4.47. The molecule has 1 aromatic heterocycles. The molecule has 1 atom stereocenters. The second-order valence-electron chi connectivity index (χ2n) is 9.26. The number of anilines is 1. The van der Waals surface area contributed by atoms with Gasteiger partial charge in [0.1, 0.15) is 5.69 Å². The fraction of sp³-hybridized carbons (Fsp3) is 0.407. The summed E-state index contributed by atoms with van der Waals surface area (Å²) in [6.07, 6.45) is 4.22. The molecule has 8 heteroatoms. The van der Waals surface area contributed by atoms with E-state index in [1.165, 1.54) is 0 Å². The monoisotopic (exact) mass is 475 g/mol. The van der Waals surface area contributed by atoms with Crippen molar-refractivity contribution in [1.82, 2.24) is 10.1 Å². The summed E-state index contributed by atoms with van der Waals surface area (Å²) < 4.78 is 22.8. The molecule has 8 nitrogen and oxygen atoms in total. The number of carbonyl (C=O) groups excluding carboxylic acids is 1. The van der Waals surface area contributed by atoms with Gasteiger partial charge in [0.05, 0.1) is 18.2 Å². The summed E-state index contributed by atoms with van der Waals surface area (Å²) in [4.78, 5) is 18.0. The number of fused-ring (bicyclic) bond motifs is 1. The van der Waals surface area contributed by atoms with Gasteiger partial charge in [0, 0.05) is 37.4 Å². The average Bonchev–Trinajstić information content (AvgIpc) is 3.70. The zero-order valence-corrected chi connectivity index (χ0v) is 19.7. The Morgan fingerprint density at radius 1 is 1.03 bits per heavy atom. The topological polar surface area (TPSA) is 77.3 Å². The van der Waals surface area contributed by atoms with Crippen molar-refractivity contribution in [2.45, 2.75) is 38.3 Å². The largest absolute Gasteiger partial charge is 0.454 e. The van der Waals surface area contributed by atoms with E-state index in [1.807, 2.05) is 35.2 Å². The molecular weight excluding hydrogens is 446 g/mol. The van der Waals surface area contributed by atoms with Gasteiger partial charge < -0.3 is 28.5 Å². The Kier molecular flexibility index (Phi) is 6.04. The Morgan fingerprint density at radius 2 is 1.86 bits per heavy atom. The van der Waals surface area contributed by atoms with Crippen LogP contribution in [0.2, 0.25) is 0 Å². The Morgan fingerprint density at radius 3 is 2.66 bits per heavy atom. The number of carbonyl (C=O) groups is 1. The number of amides is 1. The van der Waals surface area contributed by atoms with E-state index in [0.717, 1.165) is 68.1 Å². The summed E-state index contributed by atoms with van der Waals surface area (Å²) in [6.45, 7) is 3.65. The molecule has 3 aliphatic heterocycles. The molecule has 2 aromatic carbocycles. The Balaban J connectivity index is 1.36. The quantitative estimate of drug-likeness (QED) is 0.498. The van der Waals surface area contributed by atoms with Crippen LogP contribution in [-0.2, 0) is 11.3 Å². The van der Waals surface area contributed by atoms with Crippen LogP contribution < -0.4 is 14.4 Å². The standard InChI is InChI=1S/C27H29N3O5/c31-26(20-10-11-23-24(15-20)34-18-33-23)30(16-21-9-6-14-32-21)17-22-25(19-7-2-1-3-8-19)28-35-27(22)29-12-4-5-13-29/h1-3,7-8,10-11,15,21H,4-6,9,12-14,16-18H2. The van der Waals surface area contributed by atoms with Gasteiger partial charge in [-0.3, -0.25) is 4.79 Å². The second-order valence-corrected chi connectivity index (χ2v) is 9.26. The van der Waals surface area contributed by atoms with Gasteiger partial charge in [0.25, 0.3) is 5.91 Å². The number of nitrogens with zero attached hydrogens (tertiary/aromatic N) is 3. The van der Waals surface area contributed by atoms with Crippen LogP contribution in [0.4, 0.5) is 5.88 Å². The maximum atomic E-state index is 13.8. The van der Waals surface area contributed by atoms with Crippen LogP contribution in [0.15, 0.2) is 53.1 Å². The van der Waals surface area contributed by atoms with Gasteiger partial charge in [0.15, 0.2) is 11.5 Å². The molecular formula is C27H29N3O5. The molecule has 1 unspecified atom stereocenters. The van der Waals surface area contributed by atoms with Crippen molar-refractivity contribution in [3.8, 4) is 22.8 Å². The van der Waals surface area contributed by atoms with Gasteiger partial charge in [-0.25, -0.2) is 0 Å². The smallest absolute Gasteiger partial charge is 0.254 e. The number of hydrogen-bond acceptors (Lipinski definition) is 7. The summed E-state index contributed by atoms with van der Waals surface area (Å²) >= 11 is 0. The third-order valence-corrected chi connectivity index (χ3v) is 6.91. The highest BCUT2D eigenvalue weighted by molar-refractivity contribution is 5.95. The minimum absolute atomic E-state index is 0.0169. The lowest BCUT2D eigenvalue weighted by atomic mass is 10.1. The molecule has 6 rings (SSSR count). The van der Waals surface area contributed by atoms with Crippen LogP contribution in [0, 0.1) is 0 Å². The summed E-state index contributed by atoms with van der Waals surface area (Å²) in [6, 6.07) is 15.4. The maximum absolute atomic E-state index is 13.8. The highest BCUT2D eigenvalue weighted by Crippen LogP contribution is 2.36. The van der Waals surface area contributed by atoms with E-state index in [1.54, 1.807) is 18.2 Å². The third kappa shape index (κ3) is 4.46. The summed E-state index contributed by atoms with van der Waals surface area (Å²) in [5.74, 6) is 1.94. The number of rotatable bonds is 7. The van der Waals surface area contributed by atoms with Crippen LogP contribution in [0.5, 0.6) is 11.5 Å². The molecule has 0 spiro atoms. The fourth-order valence-corrected chi connectivity index (χ4v) is 5.09. The molecule has 3 aliphatic rings. The van der Waals surface area contributed by atoms with E-state index in [0.29, 0.717) is 30.2 Å². The van der Waals surface area contributed by atoms with Crippen LogP contribution >= 0.6 is 0 Å². The third-order valence-electron chi connectivity index (χ3n) is 6.91. The summed E-state index contributed by atoms with van der Waals surface area (Å²) in [5.41, 5.74) is 3.26. The minimum Gasteiger partial charge on any atom is -0.454 e. The molecule has 4 heterocycles. The van der Waals surface area contributed by atoms with Crippen molar-refractivity contribution in [3.05, 3.63) is 59.7 Å². The molecule has 1 amide bonds. The second kappa shape index (κ2) is 9.62. The van der Waals surface area contributed by atoms with Crippen LogP contribution in [0.1, 0.15) is 41.6 Å². The first-order chi connectivity index (χ1) is 17.3. The van der Waals surface area contributed by atoms with Gasteiger partial charge in [0.2, 0.25) is 12.7 Å². The van der Waals surface area contributed by atoms with Gasteiger partial charge in [-0.05, 0) is 43.9 Å². The number of hydrogen-bond donors (Lipinski definition) is 0. The van der Waals surface area contributed by atoms with Gasteiger partial charge in [-0.1, -0.05) is 35.5 Å². The normalized spacial score (nSPS) is 18.9. The predicted molar refractivity (Wildman–Crippen MR) is 130 cm³/mol. The lowest BCUT2D eigenvalue weighted by Gasteiger charge is -2.27. The number of aromatic nitrogens is 1. The van der Waals surface area contributed by atoms with Crippen molar-refractivity contribution in [2.24, 2.45) is 0 Å². The first-order valence-corrected chi connectivity index (χ1v) is 12.4. The van der Waals surface area contributed by atoms with Crippen molar-refractivity contribution in [2.75, 3.05) is 37.9 Å².